The van der Waals surface area contributed by atoms with Gasteiger partial charge in [0.25, 0.3) is 0 Å². The Labute approximate surface area is 327 Å². The molecule has 0 bridgehead atoms. The van der Waals surface area contributed by atoms with Gasteiger partial charge < -0.3 is 0 Å². The number of benzene rings is 8. The molecule has 56 heavy (non-hydrogen) atoms. The van der Waals surface area contributed by atoms with Gasteiger partial charge in [0.2, 0.25) is 0 Å². The van der Waals surface area contributed by atoms with Crippen LogP contribution in [0.4, 0.5) is 0 Å². The highest BCUT2D eigenvalue weighted by Crippen LogP contribution is 2.65. The van der Waals surface area contributed by atoms with E-state index >= 15 is 0 Å². The zero-order chi connectivity index (χ0) is 37.1. The molecule has 0 N–H and O–H groups in total. The number of nitrogens with zero attached hydrogens (tertiary/aromatic N) is 2. The van der Waals surface area contributed by atoms with Crippen LogP contribution in [0, 0.1) is 0 Å². The molecule has 0 aliphatic heterocycles. The molecule has 2 unspecified atom stereocenters. The number of hydrogen-bond donors (Lipinski definition) is 0. The SMILES string of the molecule is c1ccc(-c2cc(-c3ccc(C4(c5ccccc5)c5ccccc5C5(c6ccccc6)c6ccccc6-c6cccc4c65)cc3)nc(-c3ccccc3)n2)cc1. The van der Waals surface area contributed by atoms with Crippen LogP contribution in [0.25, 0.3) is 45.0 Å². The lowest BCUT2D eigenvalue weighted by atomic mass is 9.52. The van der Waals surface area contributed by atoms with E-state index in [1.54, 1.807) is 0 Å². The third kappa shape index (κ3) is 4.56. The molecule has 1 aromatic heterocycles. The summed E-state index contributed by atoms with van der Waals surface area (Å²) in [6.45, 7) is 0. The highest BCUT2D eigenvalue weighted by atomic mass is 14.9. The molecule has 2 atom stereocenters. The van der Waals surface area contributed by atoms with Crippen molar-refractivity contribution >= 4 is 0 Å². The normalized spacial score (nSPS) is 17.4. The van der Waals surface area contributed by atoms with Crippen molar-refractivity contribution in [2.24, 2.45) is 0 Å². The van der Waals surface area contributed by atoms with Crippen molar-refractivity contribution in [3.05, 3.63) is 263 Å². The summed E-state index contributed by atoms with van der Waals surface area (Å²) in [5.74, 6) is 0.713. The van der Waals surface area contributed by atoms with E-state index in [0.29, 0.717) is 5.82 Å². The van der Waals surface area contributed by atoms with Crippen LogP contribution in [0.15, 0.2) is 218 Å². The van der Waals surface area contributed by atoms with E-state index in [1.165, 1.54) is 55.6 Å². The summed E-state index contributed by atoms with van der Waals surface area (Å²) in [6, 6.07) is 79.4. The Morgan fingerprint density at radius 1 is 0.286 bits per heavy atom. The predicted octanol–water partition coefficient (Wildman–Crippen LogP) is 12.5. The van der Waals surface area contributed by atoms with Crippen molar-refractivity contribution in [3.8, 4) is 45.0 Å². The van der Waals surface area contributed by atoms with Gasteiger partial charge in [0.1, 0.15) is 0 Å². The fourth-order valence-electron chi connectivity index (χ4n) is 9.81. The summed E-state index contributed by atoms with van der Waals surface area (Å²) in [5, 5.41) is 0. The van der Waals surface area contributed by atoms with Gasteiger partial charge in [-0.2, -0.15) is 0 Å². The maximum Gasteiger partial charge on any atom is 0.160 e. The van der Waals surface area contributed by atoms with Gasteiger partial charge in [-0.3, -0.25) is 0 Å². The molecule has 0 radical (unpaired) electrons. The van der Waals surface area contributed by atoms with Gasteiger partial charge in [-0.15, -0.1) is 0 Å². The first-order valence-corrected chi connectivity index (χ1v) is 19.3. The quantitative estimate of drug-likeness (QED) is 0.172. The zero-order valence-electron chi connectivity index (χ0n) is 30.7. The van der Waals surface area contributed by atoms with Crippen molar-refractivity contribution in [3.63, 3.8) is 0 Å². The van der Waals surface area contributed by atoms with Gasteiger partial charge in [-0.1, -0.05) is 212 Å². The Morgan fingerprint density at radius 2 is 0.714 bits per heavy atom. The first-order valence-electron chi connectivity index (χ1n) is 19.3. The van der Waals surface area contributed by atoms with Gasteiger partial charge >= 0.3 is 0 Å². The third-order valence-electron chi connectivity index (χ3n) is 12.1. The van der Waals surface area contributed by atoms with Crippen molar-refractivity contribution in [1.82, 2.24) is 9.97 Å². The van der Waals surface area contributed by atoms with Crippen molar-refractivity contribution < 1.29 is 0 Å². The predicted molar refractivity (Wildman–Crippen MR) is 228 cm³/mol. The molecule has 9 aromatic rings. The molecular weight excluding hydrogens is 677 g/mol. The van der Waals surface area contributed by atoms with Gasteiger partial charge in [0.15, 0.2) is 5.82 Å². The molecule has 262 valence electrons. The summed E-state index contributed by atoms with van der Waals surface area (Å²) >= 11 is 0. The topological polar surface area (TPSA) is 25.8 Å². The second-order valence-corrected chi connectivity index (χ2v) is 14.8. The van der Waals surface area contributed by atoms with E-state index in [2.05, 4.69) is 194 Å². The number of hydrogen-bond acceptors (Lipinski definition) is 2. The molecule has 0 saturated carbocycles. The summed E-state index contributed by atoms with van der Waals surface area (Å²) in [6.07, 6.45) is 0. The Morgan fingerprint density at radius 3 is 1.34 bits per heavy atom. The molecule has 8 aromatic carbocycles. The lowest BCUT2D eigenvalue weighted by Gasteiger charge is -2.49. The molecule has 11 rings (SSSR count). The van der Waals surface area contributed by atoms with E-state index in [1.807, 2.05) is 24.3 Å². The average Bonchev–Trinajstić information content (AvgIpc) is 3.60. The largest absolute Gasteiger partial charge is 0.228 e. The maximum absolute atomic E-state index is 5.17. The minimum Gasteiger partial charge on any atom is -0.228 e. The van der Waals surface area contributed by atoms with Crippen molar-refractivity contribution in [2.75, 3.05) is 0 Å². The molecule has 0 amide bonds. The fraction of sp³-hybridized carbons (Fsp3) is 0.0370. The summed E-state index contributed by atoms with van der Waals surface area (Å²) in [5.41, 5.74) is 16.8. The minimum atomic E-state index is -0.599. The number of fused-ring (bicyclic) bond motifs is 5. The minimum absolute atomic E-state index is 0.471. The smallest absolute Gasteiger partial charge is 0.160 e. The molecule has 0 saturated heterocycles. The Kier molecular flexibility index (Phi) is 7.33. The lowest BCUT2D eigenvalue weighted by Crippen LogP contribution is -2.44. The van der Waals surface area contributed by atoms with Gasteiger partial charge in [0.05, 0.1) is 22.2 Å². The van der Waals surface area contributed by atoms with E-state index in [4.69, 9.17) is 9.97 Å². The van der Waals surface area contributed by atoms with Crippen LogP contribution in [-0.2, 0) is 10.8 Å². The lowest BCUT2D eigenvalue weighted by molar-refractivity contribution is 0.627. The van der Waals surface area contributed by atoms with Crippen LogP contribution in [-0.4, -0.2) is 9.97 Å². The Balaban J connectivity index is 1.18. The van der Waals surface area contributed by atoms with E-state index < -0.39 is 10.8 Å². The second kappa shape index (κ2) is 12.7. The zero-order valence-corrected chi connectivity index (χ0v) is 30.7. The third-order valence-corrected chi connectivity index (χ3v) is 12.1. The van der Waals surface area contributed by atoms with Crippen LogP contribution in [0.1, 0.15) is 44.5 Å². The second-order valence-electron chi connectivity index (χ2n) is 14.8. The van der Waals surface area contributed by atoms with E-state index in [-0.39, 0.29) is 0 Å². The van der Waals surface area contributed by atoms with Crippen LogP contribution in [0.5, 0.6) is 0 Å². The molecule has 0 spiro atoms. The first kappa shape index (κ1) is 32.3. The molecule has 2 aliphatic carbocycles. The maximum atomic E-state index is 5.17. The van der Waals surface area contributed by atoms with Crippen LogP contribution in [0.2, 0.25) is 0 Å². The Hall–Kier alpha value is -7.16. The first-order chi connectivity index (χ1) is 27.8. The van der Waals surface area contributed by atoms with Crippen LogP contribution >= 0.6 is 0 Å². The summed E-state index contributed by atoms with van der Waals surface area (Å²) < 4.78 is 0. The summed E-state index contributed by atoms with van der Waals surface area (Å²) in [4.78, 5) is 10.2. The fourth-order valence-corrected chi connectivity index (χ4v) is 9.81. The van der Waals surface area contributed by atoms with Crippen LogP contribution < -0.4 is 0 Å². The van der Waals surface area contributed by atoms with E-state index in [9.17, 15) is 0 Å². The van der Waals surface area contributed by atoms with E-state index in [0.717, 1.165) is 28.1 Å². The molecule has 0 fully saturated rings. The standard InChI is InChI=1S/C54H36N2/c1-5-18-37(19-6-1)49-36-50(56-52(55-49)39-20-7-2-8-21-39)38-32-34-42(35-33-38)53(40-22-9-3-10-23-40)46-29-15-16-30-47(46)54(41-24-11-4-12-25-41)45-28-14-13-26-43(45)44-27-17-31-48(53)51(44)54/h1-36H. The molecule has 2 nitrogen and oxygen atoms in total. The monoisotopic (exact) mass is 712 g/mol. The molecular formula is C54H36N2. The molecule has 2 aliphatic rings. The van der Waals surface area contributed by atoms with Gasteiger partial charge in [0, 0.05) is 16.7 Å². The van der Waals surface area contributed by atoms with Crippen LogP contribution in [0.3, 0.4) is 0 Å². The number of rotatable bonds is 6. The average molecular weight is 713 g/mol. The van der Waals surface area contributed by atoms with Gasteiger partial charge in [-0.05, 0) is 61.7 Å². The highest BCUT2D eigenvalue weighted by Gasteiger charge is 2.57. The van der Waals surface area contributed by atoms with Gasteiger partial charge in [-0.25, -0.2) is 9.97 Å². The number of aromatic nitrogens is 2. The van der Waals surface area contributed by atoms with Crippen molar-refractivity contribution in [2.45, 2.75) is 10.8 Å². The van der Waals surface area contributed by atoms with Crippen molar-refractivity contribution in [1.29, 1.82) is 0 Å². The highest BCUT2D eigenvalue weighted by molar-refractivity contribution is 5.91. The molecule has 1 heterocycles. The molecule has 2 heteroatoms. The summed E-state index contributed by atoms with van der Waals surface area (Å²) in [7, 11) is 0. The Bertz CT molecular complexity index is 2830.